The van der Waals surface area contributed by atoms with Crippen molar-refractivity contribution < 1.29 is 4.74 Å². The lowest BCUT2D eigenvalue weighted by molar-refractivity contribution is 0.320. The van der Waals surface area contributed by atoms with Gasteiger partial charge in [-0.05, 0) is 42.8 Å². The summed E-state index contributed by atoms with van der Waals surface area (Å²) in [5.41, 5.74) is 7.65. The van der Waals surface area contributed by atoms with Crippen molar-refractivity contribution in [3.05, 3.63) is 58.9 Å². The summed E-state index contributed by atoms with van der Waals surface area (Å²) in [5.74, 6) is 0.707. The maximum absolute atomic E-state index is 6.17. The van der Waals surface area contributed by atoms with E-state index in [1.807, 2.05) is 36.4 Å². The number of aromatic nitrogens is 1. The first kappa shape index (κ1) is 13.8. The van der Waals surface area contributed by atoms with Crippen LogP contribution in [-0.4, -0.2) is 18.1 Å². The van der Waals surface area contributed by atoms with Crippen molar-refractivity contribution in [1.29, 1.82) is 0 Å². The number of hydrogen-bond acceptors (Lipinski definition) is 3. The SMILES string of the molecule is NCCc1ccc(OCCc2ccccn2)c(Cl)c1. The standard InChI is InChI=1S/C15H17ClN2O/c16-14-11-12(6-8-17)4-5-15(14)19-10-7-13-3-1-2-9-18-13/h1-5,9,11H,6-8,10,17H2. The third kappa shape index (κ3) is 4.23. The van der Waals surface area contributed by atoms with E-state index in [0.29, 0.717) is 23.9 Å². The van der Waals surface area contributed by atoms with Crippen LogP contribution in [0.15, 0.2) is 42.6 Å². The van der Waals surface area contributed by atoms with Gasteiger partial charge < -0.3 is 10.5 Å². The molecule has 0 spiro atoms. The van der Waals surface area contributed by atoms with E-state index in [9.17, 15) is 0 Å². The van der Waals surface area contributed by atoms with Crippen LogP contribution in [0.25, 0.3) is 0 Å². The topological polar surface area (TPSA) is 48.1 Å². The lowest BCUT2D eigenvalue weighted by Crippen LogP contribution is -2.04. The van der Waals surface area contributed by atoms with Gasteiger partial charge in [0, 0.05) is 18.3 Å². The van der Waals surface area contributed by atoms with E-state index in [4.69, 9.17) is 22.1 Å². The Morgan fingerprint density at radius 3 is 2.74 bits per heavy atom. The van der Waals surface area contributed by atoms with Crippen LogP contribution >= 0.6 is 11.6 Å². The Bertz CT molecular complexity index is 517. The van der Waals surface area contributed by atoms with Gasteiger partial charge in [-0.25, -0.2) is 0 Å². The van der Waals surface area contributed by atoms with Gasteiger partial charge in [0.05, 0.1) is 11.6 Å². The van der Waals surface area contributed by atoms with E-state index < -0.39 is 0 Å². The second kappa shape index (κ2) is 7.12. The molecule has 2 N–H and O–H groups in total. The number of pyridine rings is 1. The predicted molar refractivity (Wildman–Crippen MR) is 77.6 cm³/mol. The fourth-order valence-corrected chi connectivity index (χ4v) is 2.05. The molecule has 1 aromatic heterocycles. The summed E-state index contributed by atoms with van der Waals surface area (Å²) in [4.78, 5) is 4.24. The van der Waals surface area contributed by atoms with Gasteiger partial charge in [0.15, 0.2) is 0 Å². The van der Waals surface area contributed by atoms with Crippen LogP contribution < -0.4 is 10.5 Å². The summed E-state index contributed by atoms with van der Waals surface area (Å²) >= 11 is 6.17. The molecule has 2 rings (SSSR count). The molecular weight excluding hydrogens is 260 g/mol. The molecule has 0 aliphatic heterocycles. The molecule has 2 aromatic rings. The molecule has 0 aliphatic rings. The first-order valence-corrected chi connectivity index (χ1v) is 6.68. The van der Waals surface area contributed by atoms with Gasteiger partial charge in [-0.15, -0.1) is 0 Å². The minimum absolute atomic E-state index is 0.562. The summed E-state index contributed by atoms with van der Waals surface area (Å²) < 4.78 is 5.67. The van der Waals surface area contributed by atoms with E-state index in [1.54, 1.807) is 6.20 Å². The van der Waals surface area contributed by atoms with Crippen molar-refractivity contribution in [2.24, 2.45) is 5.73 Å². The molecule has 0 atom stereocenters. The lowest BCUT2D eigenvalue weighted by atomic mass is 10.1. The van der Waals surface area contributed by atoms with Crippen LogP contribution in [0.1, 0.15) is 11.3 Å². The second-order valence-corrected chi connectivity index (χ2v) is 4.63. The molecule has 0 fully saturated rings. The van der Waals surface area contributed by atoms with Crippen molar-refractivity contribution in [1.82, 2.24) is 4.98 Å². The Kier molecular flexibility index (Phi) is 5.19. The molecule has 0 unspecified atom stereocenters. The van der Waals surface area contributed by atoms with Crippen LogP contribution in [0.3, 0.4) is 0 Å². The van der Waals surface area contributed by atoms with Crippen molar-refractivity contribution in [3.63, 3.8) is 0 Å². The highest BCUT2D eigenvalue weighted by molar-refractivity contribution is 6.32. The fraction of sp³-hybridized carbons (Fsp3) is 0.267. The van der Waals surface area contributed by atoms with Crippen LogP contribution in [0.5, 0.6) is 5.75 Å². The molecule has 0 aliphatic carbocycles. The Balaban J connectivity index is 1.89. The quantitative estimate of drug-likeness (QED) is 0.883. The molecule has 1 heterocycles. The molecule has 3 nitrogen and oxygen atoms in total. The Labute approximate surface area is 118 Å². The van der Waals surface area contributed by atoms with E-state index >= 15 is 0 Å². The zero-order chi connectivity index (χ0) is 13.5. The zero-order valence-corrected chi connectivity index (χ0v) is 11.4. The van der Waals surface area contributed by atoms with E-state index in [-0.39, 0.29) is 0 Å². The maximum atomic E-state index is 6.17. The molecule has 19 heavy (non-hydrogen) atoms. The van der Waals surface area contributed by atoms with E-state index in [2.05, 4.69) is 4.98 Å². The minimum atomic E-state index is 0.562. The van der Waals surface area contributed by atoms with Crippen molar-refractivity contribution in [2.45, 2.75) is 12.8 Å². The van der Waals surface area contributed by atoms with Gasteiger partial charge in [0.2, 0.25) is 0 Å². The minimum Gasteiger partial charge on any atom is -0.492 e. The third-order valence-electron chi connectivity index (χ3n) is 2.77. The molecule has 100 valence electrons. The van der Waals surface area contributed by atoms with Crippen LogP contribution in [0, 0.1) is 0 Å². The first-order valence-electron chi connectivity index (χ1n) is 6.31. The summed E-state index contributed by atoms with van der Waals surface area (Å²) in [6.45, 7) is 1.18. The van der Waals surface area contributed by atoms with Crippen molar-refractivity contribution in [2.75, 3.05) is 13.2 Å². The molecule has 0 amide bonds. The van der Waals surface area contributed by atoms with Crippen LogP contribution in [0.2, 0.25) is 5.02 Å². The molecule has 0 saturated carbocycles. The monoisotopic (exact) mass is 276 g/mol. The van der Waals surface area contributed by atoms with Gasteiger partial charge in [-0.1, -0.05) is 23.7 Å². The fourth-order valence-electron chi connectivity index (χ4n) is 1.80. The van der Waals surface area contributed by atoms with Gasteiger partial charge in [0.25, 0.3) is 0 Å². The molecular formula is C15H17ClN2O. The molecule has 4 heteroatoms. The van der Waals surface area contributed by atoms with E-state index in [1.165, 1.54) is 0 Å². The van der Waals surface area contributed by atoms with Crippen LogP contribution in [0.4, 0.5) is 0 Å². The highest BCUT2D eigenvalue weighted by Gasteiger charge is 2.03. The highest BCUT2D eigenvalue weighted by Crippen LogP contribution is 2.25. The highest BCUT2D eigenvalue weighted by atomic mass is 35.5. The van der Waals surface area contributed by atoms with Crippen LogP contribution in [-0.2, 0) is 12.8 Å². The number of halogens is 1. The molecule has 1 aromatic carbocycles. The summed E-state index contributed by atoms with van der Waals surface area (Å²) in [5, 5.41) is 0.631. The Morgan fingerprint density at radius 2 is 2.05 bits per heavy atom. The number of ether oxygens (including phenoxy) is 1. The Hall–Kier alpha value is -1.58. The number of hydrogen-bond donors (Lipinski definition) is 1. The average Bonchev–Trinajstić information content (AvgIpc) is 2.43. The smallest absolute Gasteiger partial charge is 0.137 e. The summed E-state index contributed by atoms with van der Waals surface area (Å²) in [7, 11) is 0. The summed E-state index contributed by atoms with van der Waals surface area (Å²) in [6.07, 6.45) is 3.37. The predicted octanol–water partition coefficient (Wildman–Crippen LogP) is 2.86. The largest absolute Gasteiger partial charge is 0.492 e. The van der Waals surface area contributed by atoms with Gasteiger partial charge >= 0.3 is 0 Å². The lowest BCUT2D eigenvalue weighted by Gasteiger charge is -2.09. The second-order valence-electron chi connectivity index (χ2n) is 4.22. The summed E-state index contributed by atoms with van der Waals surface area (Å²) in [6, 6.07) is 11.6. The molecule has 0 saturated heterocycles. The van der Waals surface area contributed by atoms with E-state index in [0.717, 1.165) is 24.1 Å². The number of nitrogens with zero attached hydrogens (tertiary/aromatic N) is 1. The Morgan fingerprint density at radius 1 is 1.16 bits per heavy atom. The molecule has 0 bridgehead atoms. The number of nitrogens with two attached hydrogens (primary N) is 1. The zero-order valence-electron chi connectivity index (χ0n) is 10.7. The average molecular weight is 277 g/mol. The number of rotatable bonds is 6. The first-order chi connectivity index (χ1) is 9.29. The number of benzene rings is 1. The van der Waals surface area contributed by atoms with Gasteiger partial charge in [-0.2, -0.15) is 0 Å². The van der Waals surface area contributed by atoms with Gasteiger partial charge in [-0.3, -0.25) is 4.98 Å². The van der Waals surface area contributed by atoms with Crippen molar-refractivity contribution in [3.8, 4) is 5.75 Å². The third-order valence-corrected chi connectivity index (χ3v) is 3.07. The maximum Gasteiger partial charge on any atom is 0.137 e. The molecule has 0 radical (unpaired) electrons. The normalized spacial score (nSPS) is 10.4. The van der Waals surface area contributed by atoms with Gasteiger partial charge in [0.1, 0.15) is 5.75 Å². The van der Waals surface area contributed by atoms with Crippen molar-refractivity contribution >= 4 is 11.6 Å².